The van der Waals surface area contributed by atoms with Crippen LogP contribution >= 0.6 is 0 Å². The molecule has 1 aliphatic heterocycles. The van der Waals surface area contributed by atoms with Crippen LogP contribution in [-0.4, -0.2) is 60.0 Å². The second kappa shape index (κ2) is 4.55. The Hall–Kier alpha value is -0.650. The van der Waals surface area contributed by atoms with Gasteiger partial charge in [0.2, 0.25) is 0 Å². The molecule has 2 N–H and O–H groups in total. The Kier molecular flexibility index (Phi) is 3.65. The van der Waals surface area contributed by atoms with Gasteiger partial charge in [0.1, 0.15) is 0 Å². The summed E-state index contributed by atoms with van der Waals surface area (Å²) in [4.78, 5) is 12.2. The number of rotatable bonds is 4. The summed E-state index contributed by atoms with van der Waals surface area (Å²) in [6, 6.07) is -0.0685. The standard InChI is InChI=1S/C8H15NO4/c1-13-7-2-6(5-10)9(3-7)4-8(11)12/h6-7,10H,2-5H2,1H3,(H,11,12)/t6-,7+/m0/s1. The molecule has 1 heterocycles. The Morgan fingerprint density at radius 2 is 2.38 bits per heavy atom. The highest BCUT2D eigenvalue weighted by molar-refractivity contribution is 5.69. The summed E-state index contributed by atoms with van der Waals surface area (Å²) in [5.41, 5.74) is 0. The zero-order chi connectivity index (χ0) is 9.84. The average molecular weight is 189 g/mol. The van der Waals surface area contributed by atoms with E-state index in [0.29, 0.717) is 13.0 Å². The first-order valence-electron chi connectivity index (χ1n) is 4.27. The Morgan fingerprint density at radius 1 is 1.69 bits per heavy atom. The van der Waals surface area contributed by atoms with Crippen molar-refractivity contribution in [3.05, 3.63) is 0 Å². The molecule has 0 spiro atoms. The van der Waals surface area contributed by atoms with Gasteiger partial charge in [-0.15, -0.1) is 0 Å². The molecule has 5 heteroatoms. The minimum atomic E-state index is -0.866. The van der Waals surface area contributed by atoms with Gasteiger partial charge in [0, 0.05) is 19.7 Å². The number of carbonyl (C=O) groups is 1. The van der Waals surface area contributed by atoms with Crippen LogP contribution in [0.2, 0.25) is 0 Å². The van der Waals surface area contributed by atoms with Crippen LogP contribution in [0.4, 0.5) is 0 Å². The zero-order valence-electron chi connectivity index (χ0n) is 7.64. The average Bonchev–Trinajstić information content (AvgIpc) is 2.46. The summed E-state index contributed by atoms with van der Waals surface area (Å²) in [7, 11) is 1.60. The molecule has 0 bridgehead atoms. The lowest BCUT2D eigenvalue weighted by Gasteiger charge is -2.19. The van der Waals surface area contributed by atoms with E-state index in [1.807, 2.05) is 0 Å². The van der Waals surface area contributed by atoms with Crippen molar-refractivity contribution in [3.63, 3.8) is 0 Å². The van der Waals surface area contributed by atoms with E-state index in [-0.39, 0.29) is 25.3 Å². The third-order valence-corrected chi connectivity index (χ3v) is 2.37. The molecule has 1 aliphatic rings. The molecule has 13 heavy (non-hydrogen) atoms. The topological polar surface area (TPSA) is 70.0 Å². The first kappa shape index (κ1) is 10.4. The van der Waals surface area contributed by atoms with E-state index in [2.05, 4.69) is 0 Å². The maximum Gasteiger partial charge on any atom is 0.317 e. The van der Waals surface area contributed by atoms with Crippen molar-refractivity contribution in [2.24, 2.45) is 0 Å². The number of aliphatic hydroxyl groups excluding tert-OH is 1. The van der Waals surface area contributed by atoms with Crippen LogP contribution in [0.1, 0.15) is 6.42 Å². The molecule has 0 aliphatic carbocycles. The summed E-state index contributed by atoms with van der Waals surface area (Å²) >= 11 is 0. The highest BCUT2D eigenvalue weighted by atomic mass is 16.5. The molecule has 0 saturated carbocycles. The summed E-state index contributed by atoms with van der Waals surface area (Å²) in [6.07, 6.45) is 0.761. The van der Waals surface area contributed by atoms with E-state index in [1.54, 1.807) is 12.0 Å². The number of carboxylic acids is 1. The number of likely N-dealkylation sites (tertiary alicyclic amines) is 1. The Balaban J connectivity index is 2.47. The minimum absolute atomic E-state index is 0.00681. The van der Waals surface area contributed by atoms with Gasteiger partial charge in [-0.25, -0.2) is 0 Å². The molecular weight excluding hydrogens is 174 g/mol. The maximum absolute atomic E-state index is 10.4. The van der Waals surface area contributed by atoms with E-state index in [4.69, 9.17) is 14.9 Å². The molecule has 0 radical (unpaired) electrons. The predicted molar refractivity (Wildman–Crippen MR) is 45.5 cm³/mol. The van der Waals surface area contributed by atoms with Crippen LogP contribution in [0.25, 0.3) is 0 Å². The molecule has 2 atom stereocenters. The summed E-state index contributed by atoms with van der Waals surface area (Å²) in [5.74, 6) is -0.866. The molecule has 5 nitrogen and oxygen atoms in total. The highest BCUT2D eigenvalue weighted by Gasteiger charge is 2.32. The van der Waals surface area contributed by atoms with E-state index in [0.717, 1.165) is 0 Å². The number of hydrogen-bond donors (Lipinski definition) is 2. The van der Waals surface area contributed by atoms with Crippen molar-refractivity contribution < 1.29 is 19.7 Å². The molecule has 1 rings (SSSR count). The number of methoxy groups -OCH3 is 1. The number of ether oxygens (including phenoxy) is 1. The molecule has 0 aromatic rings. The van der Waals surface area contributed by atoms with E-state index in [1.165, 1.54) is 0 Å². The first-order valence-corrected chi connectivity index (χ1v) is 4.27. The van der Waals surface area contributed by atoms with Crippen LogP contribution in [0, 0.1) is 0 Å². The van der Waals surface area contributed by atoms with Gasteiger partial charge in [-0.2, -0.15) is 0 Å². The molecule has 0 amide bonds. The number of hydrogen-bond acceptors (Lipinski definition) is 4. The van der Waals surface area contributed by atoms with Gasteiger partial charge in [-0.05, 0) is 6.42 Å². The molecule has 1 fully saturated rings. The molecule has 0 aromatic heterocycles. The number of aliphatic hydroxyl groups is 1. The smallest absolute Gasteiger partial charge is 0.317 e. The largest absolute Gasteiger partial charge is 0.480 e. The maximum atomic E-state index is 10.4. The van der Waals surface area contributed by atoms with Gasteiger partial charge in [-0.3, -0.25) is 9.69 Å². The SMILES string of the molecule is CO[C@@H]1C[C@@H](CO)N(CC(=O)O)C1. The molecule has 0 aromatic carbocycles. The summed E-state index contributed by atoms with van der Waals surface area (Å²) in [5, 5.41) is 17.6. The van der Waals surface area contributed by atoms with E-state index < -0.39 is 5.97 Å². The van der Waals surface area contributed by atoms with Crippen LogP contribution in [0.15, 0.2) is 0 Å². The van der Waals surface area contributed by atoms with Crippen LogP contribution in [0.3, 0.4) is 0 Å². The van der Waals surface area contributed by atoms with Crippen molar-refractivity contribution in [3.8, 4) is 0 Å². The lowest BCUT2D eigenvalue weighted by molar-refractivity contribution is -0.138. The van der Waals surface area contributed by atoms with Crippen LogP contribution < -0.4 is 0 Å². The van der Waals surface area contributed by atoms with Crippen molar-refractivity contribution >= 4 is 5.97 Å². The fourth-order valence-corrected chi connectivity index (χ4v) is 1.67. The van der Waals surface area contributed by atoms with Gasteiger partial charge < -0.3 is 14.9 Å². The van der Waals surface area contributed by atoms with E-state index >= 15 is 0 Å². The van der Waals surface area contributed by atoms with Gasteiger partial charge in [0.25, 0.3) is 0 Å². The molecule has 76 valence electrons. The second-order valence-electron chi connectivity index (χ2n) is 3.25. The Bertz CT molecular complexity index is 185. The summed E-state index contributed by atoms with van der Waals surface area (Å²) in [6.45, 7) is 0.562. The van der Waals surface area contributed by atoms with Gasteiger partial charge >= 0.3 is 5.97 Å². The third-order valence-electron chi connectivity index (χ3n) is 2.37. The molecular formula is C8H15NO4. The van der Waals surface area contributed by atoms with Crippen molar-refractivity contribution in [2.75, 3.05) is 26.8 Å². The Morgan fingerprint density at radius 3 is 2.85 bits per heavy atom. The number of aliphatic carboxylic acids is 1. The lowest BCUT2D eigenvalue weighted by Crippen LogP contribution is -2.36. The van der Waals surface area contributed by atoms with Crippen molar-refractivity contribution in [2.45, 2.75) is 18.6 Å². The Labute approximate surface area is 76.9 Å². The van der Waals surface area contributed by atoms with Crippen molar-refractivity contribution in [1.29, 1.82) is 0 Å². The van der Waals surface area contributed by atoms with Gasteiger partial charge in [-0.1, -0.05) is 0 Å². The van der Waals surface area contributed by atoms with Crippen LogP contribution in [-0.2, 0) is 9.53 Å². The van der Waals surface area contributed by atoms with Gasteiger partial charge in [0.05, 0.1) is 19.3 Å². The zero-order valence-corrected chi connectivity index (χ0v) is 7.64. The molecule has 0 unspecified atom stereocenters. The lowest BCUT2D eigenvalue weighted by atomic mass is 10.2. The normalized spacial score (nSPS) is 29.4. The number of carboxylic acid groups (broad SMARTS) is 1. The van der Waals surface area contributed by atoms with E-state index in [9.17, 15) is 4.79 Å². The minimum Gasteiger partial charge on any atom is -0.480 e. The fourth-order valence-electron chi connectivity index (χ4n) is 1.67. The number of nitrogens with zero attached hydrogens (tertiary/aromatic N) is 1. The predicted octanol–water partition coefficient (Wildman–Crippen LogP) is -0.847. The fraction of sp³-hybridized carbons (Fsp3) is 0.875. The highest BCUT2D eigenvalue weighted by Crippen LogP contribution is 2.18. The first-order chi connectivity index (χ1) is 6.17. The van der Waals surface area contributed by atoms with Crippen LogP contribution in [0.5, 0.6) is 0 Å². The second-order valence-corrected chi connectivity index (χ2v) is 3.25. The summed E-state index contributed by atoms with van der Waals surface area (Å²) < 4.78 is 5.11. The third kappa shape index (κ3) is 2.65. The molecule has 1 saturated heterocycles. The van der Waals surface area contributed by atoms with Gasteiger partial charge in [0.15, 0.2) is 0 Å². The monoisotopic (exact) mass is 189 g/mol. The van der Waals surface area contributed by atoms with Crippen molar-refractivity contribution in [1.82, 2.24) is 4.90 Å². The quantitative estimate of drug-likeness (QED) is 0.603.